The minimum absolute atomic E-state index is 0.275. The fraction of sp³-hybridized carbons (Fsp3) is 0.0952. The summed E-state index contributed by atoms with van der Waals surface area (Å²) >= 11 is 0. The molecule has 0 fully saturated rings. The van der Waals surface area contributed by atoms with Crippen LogP contribution in [0.4, 0.5) is 10.1 Å². The molecule has 0 radical (unpaired) electrons. The van der Waals surface area contributed by atoms with Crippen LogP contribution >= 0.6 is 0 Å². The molecule has 0 bridgehead atoms. The topological polar surface area (TPSA) is 57.7 Å². The molecular weight excluding hydrogens is 341 g/mol. The maximum Gasteiger partial charge on any atom is 0.138 e. The highest BCUT2D eigenvalue weighted by atomic mass is 19.1. The molecule has 3 heterocycles. The Morgan fingerprint density at radius 2 is 1.59 bits per heavy atom. The molecule has 0 unspecified atom stereocenters. The van der Waals surface area contributed by atoms with Gasteiger partial charge in [0.05, 0.1) is 23.3 Å². The van der Waals surface area contributed by atoms with E-state index in [0.29, 0.717) is 5.82 Å². The highest BCUT2D eigenvalue weighted by Crippen LogP contribution is 2.33. The van der Waals surface area contributed by atoms with Gasteiger partial charge in [0.1, 0.15) is 11.6 Å². The standard InChI is InChI=1S/C21H18FN5/c1-27(2)18-11-16(12-24-13-18)20-19(14-7-9-23-10-8-14)25-21(26-20)15-3-5-17(22)6-4-15/h3-13H,1-2H3,(H,25,26). The number of aromatic nitrogens is 4. The number of rotatable bonds is 4. The molecule has 0 aliphatic heterocycles. The van der Waals surface area contributed by atoms with Crippen LogP contribution in [0.2, 0.25) is 0 Å². The third kappa shape index (κ3) is 3.42. The number of H-pyrrole nitrogens is 1. The summed E-state index contributed by atoms with van der Waals surface area (Å²) in [4.78, 5) is 18.6. The lowest BCUT2D eigenvalue weighted by molar-refractivity contribution is 0.628. The van der Waals surface area contributed by atoms with E-state index in [1.807, 2.05) is 37.3 Å². The molecule has 6 heteroatoms. The molecule has 5 nitrogen and oxygen atoms in total. The summed E-state index contributed by atoms with van der Waals surface area (Å²) in [5.41, 5.74) is 5.33. The minimum atomic E-state index is -0.275. The lowest BCUT2D eigenvalue weighted by Crippen LogP contribution is -2.08. The average molecular weight is 359 g/mol. The van der Waals surface area contributed by atoms with Gasteiger partial charge in [0, 0.05) is 49.4 Å². The van der Waals surface area contributed by atoms with Gasteiger partial charge in [-0.15, -0.1) is 0 Å². The molecule has 4 rings (SSSR count). The van der Waals surface area contributed by atoms with Crippen molar-refractivity contribution in [2.45, 2.75) is 0 Å². The molecule has 3 aromatic heterocycles. The fourth-order valence-electron chi connectivity index (χ4n) is 2.85. The first-order valence-corrected chi connectivity index (χ1v) is 8.51. The van der Waals surface area contributed by atoms with Crippen LogP contribution in [0, 0.1) is 5.82 Å². The van der Waals surface area contributed by atoms with Gasteiger partial charge in [0.2, 0.25) is 0 Å². The molecule has 4 aromatic rings. The third-order valence-corrected chi connectivity index (χ3v) is 4.30. The maximum atomic E-state index is 13.3. The monoisotopic (exact) mass is 359 g/mol. The van der Waals surface area contributed by atoms with Crippen molar-refractivity contribution in [1.82, 2.24) is 19.9 Å². The van der Waals surface area contributed by atoms with Crippen molar-refractivity contribution in [1.29, 1.82) is 0 Å². The summed E-state index contributed by atoms with van der Waals surface area (Å²) in [5, 5.41) is 0. The first kappa shape index (κ1) is 16.9. The number of aromatic amines is 1. The zero-order valence-electron chi connectivity index (χ0n) is 15.0. The number of halogens is 1. The van der Waals surface area contributed by atoms with Gasteiger partial charge in [0.15, 0.2) is 0 Å². The van der Waals surface area contributed by atoms with E-state index in [4.69, 9.17) is 4.98 Å². The van der Waals surface area contributed by atoms with Crippen LogP contribution in [0.3, 0.4) is 0 Å². The predicted octanol–water partition coefficient (Wildman–Crippen LogP) is 4.41. The van der Waals surface area contributed by atoms with Crippen molar-refractivity contribution < 1.29 is 4.39 Å². The first-order valence-electron chi connectivity index (χ1n) is 8.51. The summed E-state index contributed by atoms with van der Waals surface area (Å²) in [5.74, 6) is 0.398. The number of benzene rings is 1. The molecular formula is C21H18FN5. The van der Waals surface area contributed by atoms with Gasteiger partial charge in [0.25, 0.3) is 0 Å². The normalized spacial score (nSPS) is 10.8. The average Bonchev–Trinajstić information content (AvgIpc) is 3.15. The highest BCUT2D eigenvalue weighted by Gasteiger charge is 2.16. The molecule has 0 saturated carbocycles. The number of hydrogen-bond acceptors (Lipinski definition) is 4. The fourth-order valence-corrected chi connectivity index (χ4v) is 2.85. The largest absolute Gasteiger partial charge is 0.376 e. The van der Waals surface area contributed by atoms with Crippen molar-refractivity contribution in [2.75, 3.05) is 19.0 Å². The van der Waals surface area contributed by atoms with E-state index >= 15 is 0 Å². The van der Waals surface area contributed by atoms with Crippen LogP contribution in [0.5, 0.6) is 0 Å². The molecule has 0 atom stereocenters. The maximum absolute atomic E-state index is 13.3. The smallest absolute Gasteiger partial charge is 0.138 e. The molecule has 0 saturated heterocycles. The molecule has 27 heavy (non-hydrogen) atoms. The quantitative estimate of drug-likeness (QED) is 0.586. The van der Waals surface area contributed by atoms with Crippen LogP contribution in [0.25, 0.3) is 33.9 Å². The van der Waals surface area contributed by atoms with Crippen molar-refractivity contribution >= 4 is 5.69 Å². The van der Waals surface area contributed by atoms with Crippen molar-refractivity contribution in [3.05, 3.63) is 73.1 Å². The van der Waals surface area contributed by atoms with Crippen molar-refractivity contribution in [3.8, 4) is 33.9 Å². The molecule has 0 aliphatic carbocycles. The number of pyridine rings is 2. The summed E-state index contributed by atoms with van der Waals surface area (Å²) in [7, 11) is 3.95. The predicted molar refractivity (Wildman–Crippen MR) is 105 cm³/mol. The second kappa shape index (κ2) is 6.99. The Morgan fingerprint density at radius 1 is 0.852 bits per heavy atom. The van der Waals surface area contributed by atoms with Gasteiger partial charge in [-0.1, -0.05) is 0 Å². The number of imidazole rings is 1. The minimum Gasteiger partial charge on any atom is -0.376 e. The van der Waals surface area contributed by atoms with Gasteiger partial charge in [-0.3, -0.25) is 9.97 Å². The number of nitrogens with zero attached hydrogens (tertiary/aromatic N) is 4. The molecule has 0 amide bonds. The van der Waals surface area contributed by atoms with Gasteiger partial charge >= 0.3 is 0 Å². The summed E-state index contributed by atoms with van der Waals surface area (Å²) < 4.78 is 13.3. The Labute approximate surface area is 156 Å². The van der Waals surface area contributed by atoms with E-state index in [2.05, 4.69) is 21.0 Å². The number of nitrogens with one attached hydrogen (secondary N) is 1. The van der Waals surface area contributed by atoms with Gasteiger partial charge in [-0.25, -0.2) is 9.37 Å². The molecule has 0 spiro atoms. The van der Waals surface area contributed by atoms with Gasteiger partial charge < -0.3 is 9.88 Å². The molecule has 1 aromatic carbocycles. The van der Waals surface area contributed by atoms with Crippen LogP contribution in [-0.2, 0) is 0 Å². The molecule has 0 aliphatic rings. The number of hydrogen-bond donors (Lipinski definition) is 1. The van der Waals surface area contributed by atoms with Gasteiger partial charge in [-0.05, 0) is 42.5 Å². The Hall–Kier alpha value is -3.54. The third-order valence-electron chi connectivity index (χ3n) is 4.30. The van der Waals surface area contributed by atoms with Crippen molar-refractivity contribution in [3.63, 3.8) is 0 Å². The lowest BCUT2D eigenvalue weighted by Gasteiger charge is -2.12. The zero-order chi connectivity index (χ0) is 18.8. The SMILES string of the molecule is CN(C)c1cncc(-c2[nH]c(-c3ccc(F)cc3)nc2-c2ccncc2)c1. The Kier molecular flexibility index (Phi) is 4.38. The van der Waals surface area contributed by atoms with E-state index in [1.165, 1.54) is 12.1 Å². The molecule has 1 N–H and O–H groups in total. The Bertz CT molecular complexity index is 1060. The Balaban J connectivity index is 1.89. The summed E-state index contributed by atoms with van der Waals surface area (Å²) in [6.07, 6.45) is 7.09. The lowest BCUT2D eigenvalue weighted by atomic mass is 10.1. The van der Waals surface area contributed by atoms with Crippen LogP contribution < -0.4 is 4.90 Å². The van der Waals surface area contributed by atoms with Gasteiger partial charge in [-0.2, -0.15) is 0 Å². The van der Waals surface area contributed by atoms with Crippen LogP contribution in [-0.4, -0.2) is 34.0 Å². The first-order chi connectivity index (χ1) is 13.1. The van der Waals surface area contributed by atoms with Crippen LogP contribution in [0.15, 0.2) is 67.3 Å². The second-order valence-electron chi connectivity index (χ2n) is 6.38. The Morgan fingerprint density at radius 3 is 2.30 bits per heavy atom. The summed E-state index contributed by atoms with van der Waals surface area (Å²) in [6.45, 7) is 0. The van der Waals surface area contributed by atoms with Crippen molar-refractivity contribution in [2.24, 2.45) is 0 Å². The van der Waals surface area contributed by atoms with E-state index in [9.17, 15) is 4.39 Å². The summed E-state index contributed by atoms with van der Waals surface area (Å²) in [6, 6.07) is 12.2. The van der Waals surface area contributed by atoms with E-state index in [-0.39, 0.29) is 5.82 Å². The highest BCUT2D eigenvalue weighted by molar-refractivity contribution is 5.81. The molecule has 134 valence electrons. The van der Waals surface area contributed by atoms with E-state index in [0.717, 1.165) is 33.8 Å². The van der Waals surface area contributed by atoms with E-state index < -0.39 is 0 Å². The number of anilines is 1. The van der Waals surface area contributed by atoms with Crippen LogP contribution in [0.1, 0.15) is 0 Å². The second-order valence-corrected chi connectivity index (χ2v) is 6.38. The zero-order valence-corrected chi connectivity index (χ0v) is 15.0. The van der Waals surface area contributed by atoms with E-state index in [1.54, 1.807) is 30.7 Å².